The van der Waals surface area contributed by atoms with Gasteiger partial charge >= 0.3 is 0 Å². The fourth-order valence-electron chi connectivity index (χ4n) is 0.118. The van der Waals surface area contributed by atoms with Crippen LogP contribution in [-0.4, -0.2) is 6.29 Å². The molecule has 1 nitrogen and oxygen atoms in total. The summed E-state index contributed by atoms with van der Waals surface area (Å²) in [6.07, 6.45) is 2.61. The molecule has 2 heteroatoms. The van der Waals surface area contributed by atoms with E-state index >= 15 is 0 Å². The van der Waals surface area contributed by atoms with Gasteiger partial charge in [0.1, 0.15) is 6.29 Å². The Morgan fingerprint density at radius 2 is 2.17 bits per heavy atom. The summed E-state index contributed by atoms with van der Waals surface area (Å²) in [6.45, 7) is 1.98. The van der Waals surface area contributed by atoms with Crippen molar-refractivity contribution in [1.82, 2.24) is 0 Å². The van der Waals surface area contributed by atoms with Crippen LogP contribution in [0.2, 0.25) is 0 Å². The van der Waals surface area contributed by atoms with E-state index in [0.717, 1.165) is 12.7 Å². The molecule has 0 rings (SSSR count). The molecule has 0 aromatic carbocycles. The Bertz CT molecular complexity index is 28.7. The molecule has 0 atom stereocenters. The molecule has 0 spiro atoms. The van der Waals surface area contributed by atoms with Gasteiger partial charge in [-0.3, -0.25) is 0 Å². The third-order valence-electron chi connectivity index (χ3n) is 0.407. The Morgan fingerprint density at radius 3 is 2.17 bits per heavy atom. The van der Waals surface area contributed by atoms with E-state index in [1.807, 2.05) is 6.92 Å². The van der Waals surface area contributed by atoms with Gasteiger partial charge in [0.25, 0.3) is 0 Å². The fourth-order valence-corrected chi connectivity index (χ4v) is 0.118. The van der Waals surface area contributed by atoms with E-state index in [0.29, 0.717) is 6.42 Å². The van der Waals surface area contributed by atoms with Gasteiger partial charge in [-0.1, -0.05) is 6.92 Å². The maximum absolute atomic E-state index is 9.40. The standard InChI is InChI=1S/C4H8O.Y/c1-2-3-4-5;/h4H,2-3H2,1H3;. The van der Waals surface area contributed by atoms with Crippen LogP contribution in [0.15, 0.2) is 0 Å². The van der Waals surface area contributed by atoms with E-state index in [9.17, 15) is 4.79 Å². The molecule has 0 aromatic rings. The van der Waals surface area contributed by atoms with Crippen LogP contribution in [0.5, 0.6) is 0 Å². The van der Waals surface area contributed by atoms with Crippen LogP contribution in [0.3, 0.4) is 0 Å². The molecule has 0 aliphatic carbocycles. The molecule has 0 bridgehead atoms. The average molecular weight is 161 g/mol. The van der Waals surface area contributed by atoms with Crippen LogP contribution in [0.4, 0.5) is 0 Å². The second kappa shape index (κ2) is 9.24. The molecule has 0 fully saturated rings. The van der Waals surface area contributed by atoms with Crippen LogP contribution >= 0.6 is 0 Å². The van der Waals surface area contributed by atoms with Gasteiger partial charge in [-0.2, -0.15) is 0 Å². The maximum atomic E-state index is 9.40. The van der Waals surface area contributed by atoms with Gasteiger partial charge in [0.15, 0.2) is 0 Å². The molecule has 0 aromatic heterocycles. The summed E-state index contributed by atoms with van der Waals surface area (Å²) in [5.74, 6) is 0. The summed E-state index contributed by atoms with van der Waals surface area (Å²) in [5, 5.41) is 0. The van der Waals surface area contributed by atoms with E-state index in [4.69, 9.17) is 0 Å². The number of hydrogen-bond acceptors (Lipinski definition) is 1. The zero-order valence-electron chi connectivity index (χ0n) is 3.98. The summed E-state index contributed by atoms with van der Waals surface area (Å²) in [5.41, 5.74) is 0. The third-order valence-corrected chi connectivity index (χ3v) is 0.407. The first-order chi connectivity index (χ1) is 2.41. The summed E-state index contributed by atoms with van der Waals surface area (Å²) >= 11 is 0. The van der Waals surface area contributed by atoms with Crippen molar-refractivity contribution in [2.24, 2.45) is 0 Å². The smallest absolute Gasteiger partial charge is 0.119 e. The van der Waals surface area contributed by atoms with Gasteiger partial charge in [-0.15, -0.1) is 0 Å². The molecule has 0 aliphatic rings. The zero-order valence-corrected chi connectivity index (χ0v) is 6.82. The first-order valence-electron chi connectivity index (χ1n) is 1.85. The van der Waals surface area contributed by atoms with Gasteiger partial charge in [0, 0.05) is 39.1 Å². The van der Waals surface area contributed by atoms with Gasteiger partial charge < -0.3 is 4.79 Å². The van der Waals surface area contributed by atoms with Crippen molar-refractivity contribution >= 4 is 6.29 Å². The monoisotopic (exact) mass is 161 g/mol. The first-order valence-corrected chi connectivity index (χ1v) is 1.85. The minimum atomic E-state index is 0. The molecule has 0 heterocycles. The largest absolute Gasteiger partial charge is 0.303 e. The minimum Gasteiger partial charge on any atom is -0.303 e. The Kier molecular flexibility index (Phi) is 15.3. The fraction of sp³-hybridized carbons (Fsp3) is 0.750. The SMILES string of the molecule is CCCC=O.[Y]. The van der Waals surface area contributed by atoms with E-state index in [2.05, 4.69) is 0 Å². The molecule has 0 amide bonds. The maximum Gasteiger partial charge on any atom is 0.119 e. The van der Waals surface area contributed by atoms with E-state index < -0.39 is 0 Å². The summed E-state index contributed by atoms with van der Waals surface area (Å²) < 4.78 is 0. The van der Waals surface area contributed by atoms with Gasteiger partial charge in [0.2, 0.25) is 0 Å². The van der Waals surface area contributed by atoms with Gasteiger partial charge in [0.05, 0.1) is 0 Å². The number of carbonyl (C=O) groups excluding carboxylic acids is 1. The van der Waals surface area contributed by atoms with Gasteiger partial charge in [-0.05, 0) is 6.42 Å². The molecule has 33 valence electrons. The quantitative estimate of drug-likeness (QED) is 0.551. The minimum absolute atomic E-state index is 0. The Hall–Kier alpha value is 0.774. The van der Waals surface area contributed by atoms with E-state index in [-0.39, 0.29) is 32.7 Å². The molecular formula is C4H8OY. The molecule has 6 heavy (non-hydrogen) atoms. The van der Waals surface area contributed by atoms with Crippen molar-refractivity contribution in [3.05, 3.63) is 0 Å². The van der Waals surface area contributed by atoms with E-state index in [1.54, 1.807) is 0 Å². The molecule has 0 saturated heterocycles. The Labute approximate surface area is 63.4 Å². The number of unbranched alkanes of at least 4 members (excludes halogenated alkanes) is 1. The van der Waals surface area contributed by atoms with Crippen LogP contribution in [0.1, 0.15) is 19.8 Å². The Morgan fingerprint density at radius 1 is 1.67 bits per heavy atom. The number of rotatable bonds is 2. The molecule has 0 unspecified atom stereocenters. The van der Waals surface area contributed by atoms with Crippen molar-refractivity contribution in [2.75, 3.05) is 0 Å². The van der Waals surface area contributed by atoms with Crippen LogP contribution in [0, 0.1) is 0 Å². The van der Waals surface area contributed by atoms with Crippen molar-refractivity contribution in [3.8, 4) is 0 Å². The van der Waals surface area contributed by atoms with Crippen LogP contribution < -0.4 is 0 Å². The Balaban J connectivity index is 0. The average Bonchev–Trinajstić information content (AvgIpc) is 1.41. The molecule has 0 aliphatic heterocycles. The van der Waals surface area contributed by atoms with Gasteiger partial charge in [-0.25, -0.2) is 0 Å². The zero-order chi connectivity index (χ0) is 4.12. The molecule has 1 radical (unpaired) electrons. The number of aldehydes is 1. The van der Waals surface area contributed by atoms with E-state index in [1.165, 1.54) is 0 Å². The predicted octanol–water partition coefficient (Wildman–Crippen LogP) is 0.983. The molecule has 0 saturated carbocycles. The van der Waals surface area contributed by atoms with Crippen LogP contribution in [-0.2, 0) is 37.5 Å². The number of carbonyl (C=O) groups is 1. The van der Waals surface area contributed by atoms with Crippen molar-refractivity contribution < 1.29 is 37.5 Å². The summed E-state index contributed by atoms with van der Waals surface area (Å²) in [4.78, 5) is 9.40. The summed E-state index contributed by atoms with van der Waals surface area (Å²) in [7, 11) is 0. The van der Waals surface area contributed by atoms with Crippen molar-refractivity contribution in [3.63, 3.8) is 0 Å². The number of hydrogen-bond donors (Lipinski definition) is 0. The predicted molar refractivity (Wildman–Crippen MR) is 21.0 cm³/mol. The van der Waals surface area contributed by atoms with Crippen LogP contribution in [0.25, 0.3) is 0 Å². The molecule has 0 N–H and O–H groups in total. The second-order valence-electron chi connectivity index (χ2n) is 0.955. The normalized spacial score (nSPS) is 6.17. The third kappa shape index (κ3) is 8.84. The topological polar surface area (TPSA) is 17.1 Å². The summed E-state index contributed by atoms with van der Waals surface area (Å²) in [6, 6.07) is 0. The van der Waals surface area contributed by atoms with Crippen molar-refractivity contribution in [1.29, 1.82) is 0 Å². The first kappa shape index (κ1) is 9.91. The molecular weight excluding hydrogens is 153 g/mol. The van der Waals surface area contributed by atoms with Crippen molar-refractivity contribution in [2.45, 2.75) is 19.8 Å². The second-order valence-corrected chi connectivity index (χ2v) is 0.955.